The van der Waals surface area contributed by atoms with E-state index in [-0.39, 0.29) is 28.2 Å². The second kappa shape index (κ2) is 9.57. The molecule has 1 aliphatic heterocycles. The quantitative estimate of drug-likeness (QED) is 0.682. The largest absolute Gasteiger partial charge is 0.465 e. The van der Waals surface area contributed by atoms with Gasteiger partial charge in [-0.25, -0.2) is 9.18 Å². The first-order valence-electron chi connectivity index (χ1n) is 9.23. The highest BCUT2D eigenvalue weighted by Gasteiger charge is 2.27. The van der Waals surface area contributed by atoms with Gasteiger partial charge in [-0.05, 0) is 49.7 Å². The average molecular weight is 439 g/mol. The molecule has 0 bridgehead atoms. The van der Waals surface area contributed by atoms with Crippen molar-refractivity contribution in [3.63, 3.8) is 0 Å². The molecule has 5 nitrogen and oxygen atoms in total. The number of likely N-dealkylation sites (tertiary alicyclic amines) is 1. The summed E-state index contributed by atoms with van der Waals surface area (Å²) in [5.74, 6) is -1.34. The number of hydrogen-bond donors (Lipinski definition) is 1. The lowest BCUT2D eigenvalue weighted by molar-refractivity contribution is -0.121. The summed E-state index contributed by atoms with van der Waals surface area (Å²) >= 11 is 12.1. The fraction of sp³-hybridized carbons (Fsp3) is 0.333. The van der Waals surface area contributed by atoms with E-state index >= 15 is 0 Å². The maximum Gasteiger partial charge on any atom is 0.339 e. The number of ether oxygens (including phenoxy) is 1. The number of carbonyl (C=O) groups is 2. The van der Waals surface area contributed by atoms with Crippen LogP contribution in [-0.2, 0) is 16.1 Å². The molecule has 1 aliphatic rings. The molecule has 2 aromatic carbocycles. The Morgan fingerprint density at radius 1 is 1.24 bits per heavy atom. The number of halogens is 3. The van der Waals surface area contributed by atoms with Gasteiger partial charge in [-0.2, -0.15) is 0 Å². The van der Waals surface area contributed by atoms with Crippen LogP contribution in [0.25, 0.3) is 0 Å². The summed E-state index contributed by atoms with van der Waals surface area (Å²) in [6.07, 6.45) is 1.54. The molecule has 29 heavy (non-hydrogen) atoms. The van der Waals surface area contributed by atoms with Gasteiger partial charge >= 0.3 is 5.97 Å². The predicted molar refractivity (Wildman–Crippen MR) is 111 cm³/mol. The van der Waals surface area contributed by atoms with E-state index in [0.717, 1.165) is 19.4 Å². The predicted octanol–water partition coefficient (Wildman–Crippen LogP) is 4.77. The van der Waals surface area contributed by atoms with Crippen LogP contribution in [0.15, 0.2) is 36.4 Å². The molecular formula is C21H21Cl2FN2O3. The van der Waals surface area contributed by atoms with Gasteiger partial charge in [-0.15, -0.1) is 0 Å². The lowest BCUT2D eigenvalue weighted by atomic mass is 9.96. The summed E-state index contributed by atoms with van der Waals surface area (Å²) in [6.45, 7) is 1.61. The molecule has 1 atom stereocenters. The van der Waals surface area contributed by atoms with E-state index in [1.54, 1.807) is 18.2 Å². The monoisotopic (exact) mass is 438 g/mol. The highest BCUT2D eigenvalue weighted by Crippen LogP contribution is 2.26. The molecule has 1 fully saturated rings. The van der Waals surface area contributed by atoms with Gasteiger partial charge in [0.2, 0.25) is 5.91 Å². The number of hydrogen-bond acceptors (Lipinski definition) is 4. The van der Waals surface area contributed by atoms with Gasteiger partial charge in [0, 0.05) is 29.4 Å². The molecule has 1 saturated heterocycles. The second-order valence-corrected chi connectivity index (χ2v) is 7.76. The number of carbonyl (C=O) groups excluding carboxylic acids is 2. The molecule has 154 valence electrons. The van der Waals surface area contributed by atoms with E-state index in [4.69, 9.17) is 27.9 Å². The molecule has 1 heterocycles. The van der Waals surface area contributed by atoms with E-state index in [9.17, 15) is 14.0 Å². The highest BCUT2D eigenvalue weighted by molar-refractivity contribution is 6.33. The maximum absolute atomic E-state index is 14.1. The molecule has 8 heteroatoms. The summed E-state index contributed by atoms with van der Waals surface area (Å²) in [5, 5.41) is 3.47. The van der Waals surface area contributed by atoms with E-state index in [2.05, 4.69) is 5.32 Å². The standard InChI is InChI=1S/C21H21Cl2FN2O3/c1-29-21(28)15-10-14(7-8-18(15)23)25-20(27)13-4-3-9-26(11-13)12-16-17(22)5-2-6-19(16)24/h2,5-8,10,13H,3-4,9,11-12H2,1H3,(H,25,27). The molecule has 0 aromatic heterocycles. The summed E-state index contributed by atoms with van der Waals surface area (Å²) in [5.41, 5.74) is 1.09. The number of esters is 1. The zero-order valence-electron chi connectivity index (χ0n) is 15.9. The van der Waals surface area contributed by atoms with E-state index in [0.29, 0.717) is 29.4 Å². The second-order valence-electron chi connectivity index (χ2n) is 6.95. The summed E-state index contributed by atoms with van der Waals surface area (Å²) in [7, 11) is 1.27. The molecular weight excluding hydrogens is 418 g/mol. The summed E-state index contributed by atoms with van der Waals surface area (Å²) in [6, 6.07) is 9.28. The lowest BCUT2D eigenvalue weighted by Gasteiger charge is -2.32. The van der Waals surface area contributed by atoms with Gasteiger partial charge in [0.05, 0.1) is 23.6 Å². The van der Waals surface area contributed by atoms with Crippen LogP contribution < -0.4 is 5.32 Å². The maximum atomic E-state index is 14.1. The molecule has 0 spiro atoms. The topological polar surface area (TPSA) is 58.6 Å². The minimum Gasteiger partial charge on any atom is -0.465 e. The first-order valence-corrected chi connectivity index (χ1v) is 9.98. The Hall–Kier alpha value is -2.15. The van der Waals surface area contributed by atoms with Gasteiger partial charge in [0.1, 0.15) is 5.82 Å². The summed E-state index contributed by atoms with van der Waals surface area (Å²) in [4.78, 5) is 26.6. The van der Waals surface area contributed by atoms with Crippen molar-refractivity contribution in [1.29, 1.82) is 0 Å². The van der Waals surface area contributed by atoms with Crippen molar-refractivity contribution in [3.8, 4) is 0 Å². The molecule has 1 unspecified atom stereocenters. The van der Waals surface area contributed by atoms with Crippen LogP contribution in [0, 0.1) is 11.7 Å². The molecule has 3 rings (SSSR count). The highest BCUT2D eigenvalue weighted by atomic mass is 35.5. The molecule has 1 N–H and O–H groups in total. The van der Waals surface area contributed by atoms with E-state index in [1.807, 2.05) is 4.90 Å². The van der Waals surface area contributed by atoms with Crippen LogP contribution in [-0.4, -0.2) is 37.0 Å². The average Bonchev–Trinajstić information content (AvgIpc) is 2.72. The van der Waals surface area contributed by atoms with Crippen molar-refractivity contribution >= 4 is 40.8 Å². The van der Waals surface area contributed by atoms with Gasteiger partial charge in [0.25, 0.3) is 0 Å². The Labute approximate surface area is 178 Å². The Balaban J connectivity index is 1.66. The van der Waals surface area contributed by atoms with Gasteiger partial charge in [-0.3, -0.25) is 9.69 Å². The van der Waals surface area contributed by atoms with Crippen molar-refractivity contribution in [3.05, 3.63) is 63.4 Å². The fourth-order valence-corrected chi connectivity index (χ4v) is 3.85. The van der Waals surface area contributed by atoms with E-state index in [1.165, 1.54) is 25.3 Å². The Morgan fingerprint density at radius 3 is 2.76 bits per heavy atom. The number of benzene rings is 2. The smallest absolute Gasteiger partial charge is 0.339 e. The zero-order valence-corrected chi connectivity index (χ0v) is 17.4. The van der Waals surface area contributed by atoms with Crippen LogP contribution in [0.5, 0.6) is 0 Å². The van der Waals surface area contributed by atoms with Crippen molar-refractivity contribution < 1.29 is 18.7 Å². The Bertz CT molecular complexity index is 903. The normalized spacial score (nSPS) is 17.0. The Morgan fingerprint density at radius 2 is 2.03 bits per heavy atom. The number of methoxy groups -OCH3 is 1. The molecule has 0 aliphatic carbocycles. The third-order valence-electron chi connectivity index (χ3n) is 4.96. The van der Waals surface area contributed by atoms with Gasteiger partial charge < -0.3 is 10.1 Å². The number of amides is 1. The van der Waals surface area contributed by atoms with Crippen molar-refractivity contribution in [2.45, 2.75) is 19.4 Å². The van der Waals surface area contributed by atoms with Crippen molar-refractivity contribution in [2.24, 2.45) is 5.92 Å². The van der Waals surface area contributed by atoms with E-state index < -0.39 is 5.97 Å². The third kappa shape index (κ3) is 5.26. The van der Waals surface area contributed by atoms with Crippen molar-refractivity contribution in [2.75, 3.05) is 25.5 Å². The zero-order chi connectivity index (χ0) is 21.0. The molecule has 2 aromatic rings. The van der Waals surface area contributed by atoms with Crippen LogP contribution in [0.1, 0.15) is 28.8 Å². The minimum absolute atomic E-state index is 0.160. The first-order chi connectivity index (χ1) is 13.9. The molecule has 0 saturated carbocycles. The number of anilines is 1. The number of nitrogens with one attached hydrogen (secondary N) is 1. The van der Waals surface area contributed by atoms with Gasteiger partial charge in [0.15, 0.2) is 0 Å². The number of rotatable bonds is 5. The van der Waals surface area contributed by atoms with Crippen LogP contribution >= 0.6 is 23.2 Å². The minimum atomic E-state index is -0.572. The van der Waals surface area contributed by atoms with Crippen LogP contribution in [0.2, 0.25) is 10.0 Å². The molecule has 1 amide bonds. The summed E-state index contributed by atoms with van der Waals surface area (Å²) < 4.78 is 18.8. The van der Waals surface area contributed by atoms with Crippen LogP contribution in [0.4, 0.5) is 10.1 Å². The number of piperidine rings is 1. The van der Waals surface area contributed by atoms with Gasteiger partial charge in [-0.1, -0.05) is 29.3 Å². The SMILES string of the molecule is COC(=O)c1cc(NC(=O)C2CCCN(Cc3c(F)cccc3Cl)C2)ccc1Cl. The number of nitrogens with zero attached hydrogens (tertiary/aromatic N) is 1. The van der Waals surface area contributed by atoms with Crippen LogP contribution in [0.3, 0.4) is 0 Å². The lowest BCUT2D eigenvalue weighted by Crippen LogP contribution is -2.40. The van der Waals surface area contributed by atoms with Crippen molar-refractivity contribution in [1.82, 2.24) is 4.90 Å². The Kier molecular flexibility index (Phi) is 7.11. The molecule has 0 radical (unpaired) electrons. The third-order valence-corrected chi connectivity index (χ3v) is 5.64. The first kappa shape index (κ1) is 21.6. The fourth-order valence-electron chi connectivity index (χ4n) is 3.43.